The second-order valence-electron chi connectivity index (χ2n) is 4.61. The smallest absolute Gasteiger partial charge is 0.305 e. The van der Waals surface area contributed by atoms with Crippen LogP contribution in [0.3, 0.4) is 0 Å². The summed E-state index contributed by atoms with van der Waals surface area (Å²) in [5.74, 6) is 0.653. The summed E-state index contributed by atoms with van der Waals surface area (Å²) in [5.41, 5.74) is 6.00. The van der Waals surface area contributed by atoms with E-state index in [1.54, 1.807) is 0 Å². The minimum Gasteiger partial charge on any atom is -0.469 e. The third kappa shape index (κ3) is 5.17. The van der Waals surface area contributed by atoms with Gasteiger partial charge in [-0.3, -0.25) is 4.79 Å². The molecule has 2 N–H and O–H groups in total. The van der Waals surface area contributed by atoms with Gasteiger partial charge in [-0.15, -0.1) is 0 Å². The maximum atomic E-state index is 10.9. The molecule has 1 aliphatic carbocycles. The molecular weight excluding hydrogens is 190 g/mol. The minimum absolute atomic E-state index is 0.144. The molecule has 0 amide bonds. The van der Waals surface area contributed by atoms with Crippen molar-refractivity contribution in [3.05, 3.63) is 0 Å². The monoisotopic (exact) mass is 213 g/mol. The number of nitrogens with two attached hydrogens (primary N) is 1. The Balaban J connectivity index is 2.11. The molecule has 1 aliphatic rings. The number of rotatable bonds is 5. The molecule has 1 atom stereocenters. The van der Waals surface area contributed by atoms with Gasteiger partial charge in [0.25, 0.3) is 0 Å². The first-order valence-corrected chi connectivity index (χ1v) is 6.04. The SMILES string of the molecule is COC(=O)CC[C@H](N)CC1CCCCC1. The molecule has 88 valence electrons. The zero-order valence-corrected chi connectivity index (χ0v) is 9.71. The Morgan fingerprint density at radius 3 is 2.67 bits per heavy atom. The Morgan fingerprint density at radius 1 is 1.40 bits per heavy atom. The fourth-order valence-corrected chi connectivity index (χ4v) is 2.37. The zero-order chi connectivity index (χ0) is 11.1. The topological polar surface area (TPSA) is 52.3 Å². The summed E-state index contributed by atoms with van der Waals surface area (Å²) in [7, 11) is 1.43. The number of hydrogen-bond acceptors (Lipinski definition) is 3. The number of ether oxygens (including phenoxy) is 1. The molecule has 1 saturated carbocycles. The molecule has 1 rings (SSSR count). The molecule has 15 heavy (non-hydrogen) atoms. The van der Waals surface area contributed by atoms with E-state index in [-0.39, 0.29) is 12.0 Å². The minimum atomic E-state index is -0.144. The number of carbonyl (C=O) groups excluding carboxylic acids is 1. The van der Waals surface area contributed by atoms with Crippen LogP contribution < -0.4 is 5.73 Å². The molecule has 0 unspecified atom stereocenters. The maximum absolute atomic E-state index is 10.9. The molecule has 0 radical (unpaired) electrons. The van der Waals surface area contributed by atoms with Gasteiger partial charge in [0.1, 0.15) is 0 Å². The van der Waals surface area contributed by atoms with Gasteiger partial charge in [-0.05, 0) is 18.8 Å². The first-order chi connectivity index (χ1) is 7.22. The second kappa shape index (κ2) is 6.83. The average molecular weight is 213 g/mol. The number of hydrogen-bond donors (Lipinski definition) is 1. The van der Waals surface area contributed by atoms with Crippen molar-refractivity contribution in [2.45, 2.75) is 57.4 Å². The summed E-state index contributed by atoms with van der Waals surface area (Å²) in [4.78, 5) is 10.9. The molecule has 0 aliphatic heterocycles. The number of carbonyl (C=O) groups is 1. The lowest BCUT2D eigenvalue weighted by atomic mass is 9.84. The fourth-order valence-electron chi connectivity index (χ4n) is 2.37. The fraction of sp³-hybridized carbons (Fsp3) is 0.917. The van der Waals surface area contributed by atoms with Gasteiger partial charge in [-0.1, -0.05) is 32.1 Å². The Bertz CT molecular complexity index is 188. The van der Waals surface area contributed by atoms with Crippen LogP contribution >= 0.6 is 0 Å². The van der Waals surface area contributed by atoms with E-state index in [9.17, 15) is 4.79 Å². The van der Waals surface area contributed by atoms with Crippen molar-refractivity contribution < 1.29 is 9.53 Å². The van der Waals surface area contributed by atoms with Crippen LogP contribution in [0.2, 0.25) is 0 Å². The summed E-state index contributed by atoms with van der Waals surface area (Å²) in [6, 6.07) is 0.173. The molecule has 0 heterocycles. The van der Waals surface area contributed by atoms with E-state index < -0.39 is 0 Å². The van der Waals surface area contributed by atoms with Crippen LogP contribution in [0.4, 0.5) is 0 Å². The van der Waals surface area contributed by atoms with E-state index in [0.29, 0.717) is 6.42 Å². The van der Waals surface area contributed by atoms with Crippen LogP contribution in [0.1, 0.15) is 51.4 Å². The van der Waals surface area contributed by atoms with Gasteiger partial charge in [-0.25, -0.2) is 0 Å². The summed E-state index contributed by atoms with van der Waals surface area (Å²) < 4.78 is 4.60. The van der Waals surface area contributed by atoms with Crippen LogP contribution in [-0.2, 0) is 9.53 Å². The molecule has 3 heteroatoms. The molecule has 0 bridgehead atoms. The lowest BCUT2D eigenvalue weighted by molar-refractivity contribution is -0.140. The number of methoxy groups -OCH3 is 1. The van der Waals surface area contributed by atoms with Gasteiger partial charge in [0.15, 0.2) is 0 Å². The molecule has 0 aromatic heterocycles. The Hall–Kier alpha value is -0.570. The predicted molar refractivity (Wildman–Crippen MR) is 60.4 cm³/mol. The Kier molecular flexibility index (Phi) is 5.69. The van der Waals surface area contributed by atoms with E-state index in [0.717, 1.165) is 18.8 Å². The standard InChI is InChI=1S/C12H23NO2/c1-15-12(14)8-7-11(13)9-10-5-3-2-4-6-10/h10-11H,2-9,13H2,1H3/t11-/m0/s1. The van der Waals surface area contributed by atoms with Crippen molar-refractivity contribution in [3.63, 3.8) is 0 Å². The molecule has 0 aromatic rings. The van der Waals surface area contributed by atoms with E-state index in [2.05, 4.69) is 4.74 Å². The van der Waals surface area contributed by atoms with E-state index in [1.165, 1.54) is 39.2 Å². The van der Waals surface area contributed by atoms with Crippen molar-refractivity contribution in [2.75, 3.05) is 7.11 Å². The van der Waals surface area contributed by atoms with Gasteiger partial charge in [0, 0.05) is 12.5 Å². The van der Waals surface area contributed by atoms with Gasteiger partial charge in [0.2, 0.25) is 0 Å². The summed E-state index contributed by atoms with van der Waals surface area (Å²) in [6.07, 6.45) is 9.05. The predicted octanol–water partition coefficient (Wildman–Crippen LogP) is 2.24. The Labute approximate surface area is 92.4 Å². The van der Waals surface area contributed by atoms with Crippen LogP contribution in [0.5, 0.6) is 0 Å². The highest BCUT2D eigenvalue weighted by atomic mass is 16.5. The van der Waals surface area contributed by atoms with Crippen molar-refractivity contribution in [1.82, 2.24) is 0 Å². The van der Waals surface area contributed by atoms with Crippen LogP contribution in [-0.4, -0.2) is 19.1 Å². The first kappa shape index (κ1) is 12.5. The molecule has 0 spiro atoms. The van der Waals surface area contributed by atoms with Gasteiger partial charge >= 0.3 is 5.97 Å². The lowest BCUT2D eigenvalue weighted by Gasteiger charge is -2.24. The molecule has 0 saturated heterocycles. The van der Waals surface area contributed by atoms with Crippen LogP contribution in [0, 0.1) is 5.92 Å². The van der Waals surface area contributed by atoms with Crippen molar-refractivity contribution in [3.8, 4) is 0 Å². The largest absolute Gasteiger partial charge is 0.469 e. The second-order valence-corrected chi connectivity index (χ2v) is 4.61. The molecule has 3 nitrogen and oxygen atoms in total. The highest BCUT2D eigenvalue weighted by molar-refractivity contribution is 5.69. The zero-order valence-electron chi connectivity index (χ0n) is 9.71. The lowest BCUT2D eigenvalue weighted by Crippen LogP contribution is -2.25. The maximum Gasteiger partial charge on any atom is 0.305 e. The van der Waals surface area contributed by atoms with E-state index in [1.807, 2.05) is 0 Å². The summed E-state index contributed by atoms with van der Waals surface area (Å²) in [6.45, 7) is 0. The molecule has 1 fully saturated rings. The first-order valence-electron chi connectivity index (χ1n) is 6.04. The van der Waals surface area contributed by atoms with Crippen molar-refractivity contribution >= 4 is 5.97 Å². The quantitative estimate of drug-likeness (QED) is 0.712. The van der Waals surface area contributed by atoms with Crippen LogP contribution in [0.15, 0.2) is 0 Å². The molecular formula is C12H23NO2. The number of esters is 1. The van der Waals surface area contributed by atoms with Crippen LogP contribution in [0.25, 0.3) is 0 Å². The third-order valence-corrected chi connectivity index (χ3v) is 3.31. The highest BCUT2D eigenvalue weighted by Gasteiger charge is 2.17. The normalized spacial score (nSPS) is 19.9. The van der Waals surface area contributed by atoms with Gasteiger partial charge in [-0.2, -0.15) is 0 Å². The van der Waals surface area contributed by atoms with Crippen molar-refractivity contribution in [2.24, 2.45) is 11.7 Å². The average Bonchev–Trinajstić information content (AvgIpc) is 2.27. The van der Waals surface area contributed by atoms with E-state index >= 15 is 0 Å². The Morgan fingerprint density at radius 2 is 2.07 bits per heavy atom. The summed E-state index contributed by atoms with van der Waals surface area (Å²) >= 11 is 0. The highest BCUT2D eigenvalue weighted by Crippen LogP contribution is 2.27. The summed E-state index contributed by atoms with van der Waals surface area (Å²) in [5, 5.41) is 0. The van der Waals surface area contributed by atoms with Gasteiger partial charge < -0.3 is 10.5 Å². The van der Waals surface area contributed by atoms with Gasteiger partial charge in [0.05, 0.1) is 7.11 Å². The van der Waals surface area contributed by atoms with Crippen molar-refractivity contribution in [1.29, 1.82) is 0 Å². The van der Waals surface area contributed by atoms with E-state index in [4.69, 9.17) is 5.73 Å². The third-order valence-electron chi connectivity index (χ3n) is 3.31. The molecule has 0 aromatic carbocycles.